The van der Waals surface area contributed by atoms with Crippen molar-refractivity contribution in [3.05, 3.63) is 18.0 Å². The molecule has 5 nitrogen and oxygen atoms in total. The Labute approximate surface area is 114 Å². The fraction of sp³-hybridized carbons (Fsp3) is 0.571. The summed E-state index contributed by atoms with van der Waals surface area (Å²) in [5, 5.41) is 12.3. The monoisotopic (exact) mass is 261 g/mol. The molecule has 0 aliphatic carbocycles. The average molecular weight is 261 g/mol. The van der Waals surface area contributed by atoms with E-state index < -0.39 is 0 Å². The maximum atomic E-state index is 4.45. The number of aryl methyl sites for hydroxylation is 2. The van der Waals surface area contributed by atoms with Crippen molar-refractivity contribution in [2.75, 3.05) is 18.4 Å². The molecule has 5 heteroatoms. The fourth-order valence-corrected chi connectivity index (χ4v) is 2.05. The molecule has 2 aromatic heterocycles. The van der Waals surface area contributed by atoms with Gasteiger partial charge in [0, 0.05) is 31.1 Å². The highest BCUT2D eigenvalue weighted by molar-refractivity contribution is 5.81. The largest absolute Gasteiger partial charge is 0.383 e. The van der Waals surface area contributed by atoms with Crippen LogP contribution in [0.25, 0.3) is 11.0 Å². The third kappa shape index (κ3) is 3.44. The normalized spacial score (nSPS) is 12.1. The molecule has 0 saturated carbocycles. The number of fused-ring (bicyclic) bond motifs is 1. The molecule has 0 spiro atoms. The second-order valence-corrected chi connectivity index (χ2v) is 5.91. The van der Waals surface area contributed by atoms with Crippen LogP contribution in [0.3, 0.4) is 0 Å². The molecule has 2 rings (SSSR count). The Kier molecular flexibility index (Phi) is 3.75. The first-order valence-electron chi connectivity index (χ1n) is 6.65. The summed E-state index contributed by atoms with van der Waals surface area (Å²) in [4.78, 5) is 4.45. The minimum atomic E-state index is 0.157. The minimum Gasteiger partial charge on any atom is -0.383 e. The van der Waals surface area contributed by atoms with Crippen LogP contribution in [0, 0.1) is 6.92 Å². The van der Waals surface area contributed by atoms with E-state index in [9.17, 15) is 0 Å². The highest BCUT2D eigenvalue weighted by Gasteiger charge is 2.08. The zero-order valence-corrected chi connectivity index (χ0v) is 12.4. The highest BCUT2D eigenvalue weighted by atomic mass is 15.3. The molecule has 0 aromatic carbocycles. The van der Waals surface area contributed by atoms with E-state index in [2.05, 4.69) is 47.6 Å². The number of aromatic nitrogens is 3. The summed E-state index contributed by atoms with van der Waals surface area (Å²) in [6.07, 6.45) is 1.86. The van der Waals surface area contributed by atoms with Gasteiger partial charge in [0.2, 0.25) is 0 Å². The van der Waals surface area contributed by atoms with E-state index >= 15 is 0 Å². The van der Waals surface area contributed by atoms with Crippen LogP contribution in [0.2, 0.25) is 0 Å². The number of hydrogen-bond donors (Lipinski definition) is 2. The molecule has 0 radical (unpaired) electrons. The Bertz CT molecular complexity index is 565. The van der Waals surface area contributed by atoms with Crippen LogP contribution in [-0.4, -0.2) is 33.4 Å². The number of nitrogens with zero attached hydrogens (tertiary/aromatic N) is 3. The summed E-state index contributed by atoms with van der Waals surface area (Å²) in [7, 11) is 1.92. The van der Waals surface area contributed by atoms with Crippen LogP contribution in [0.5, 0.6) is 0 Å². The summed E-state index contributed by atoms with van der Waals surface area (Å²) in [5.74, 6) is 0. The number of anilines is 1. The third-order valence-corrected chi connectivity index (χ3v) is 2.97. The lowest BCUT2D eigenvalue weighted by atomic mass is 10.1. The molecule has 0 aliphatic heterocycles. The maximum Gasteiger partial charge on any atom is 0.157 e. The number of nitrogens with one attached hydrogen (secondary N) is 2. The number of hydrogen-bond acceptors (Lipinski definition) is 4. The molecule has 2 N–H and O–H groups in total. The molecule has 2 aromatic rings. The average Bonchev–Trinajstić information content (AvgIpc) is 2.59. The van der Waals surface area contributed by atoms with Crippen LogP contribution in [0.15, 0.2) is 12.3 Å². The first-order valence-corrected chi connectivity index (χ1v) is 6.65. The summed E-state index contributed by atoms with van der Waals surface area (Å²) in [5.41, 5.74) is 3.14. The van der Waals surface area contributed by atoms with Gasteiger partial charge >= 0.3 is 0 Å². The molecule has 104 valence electrons. The smallest absolute Gasteiger partial charge is 0.157 e. The van der Waals surface area contributed by atoms with Crippen molar-refractivity contribution in [3.8, 4) is 0 Å². The zero-order chi connectivity index (χ0) is 14.0. The number of rotatable bonds is 4. The van der Waals surface area contributed by atoms with Crippen molar-refractivity contribution in [3.63, 3.8) is 0 Å². The van der Waals surface area contributed by atoms with E-state index in [0.29, 0.717) is 0 Å². The molecule has 0 aliphatic rings. The predicted octanol–water partition coefficient (Wildman–Crippen LogP) is 2.08. The molecular formula is C14H23N5. The van der Waals surface area contributed by atoms with E-state index in [1.807, 2.05) is 24.9 Å². The Balaban J connectivity index is 2.00. The van der Waals surface area contributed by atoms with Gasteiger partial charge in [0.1, 0.15) is 0 Å². The Morgan fingerprint density at radius 1 is 1.26 bits per heavy atom. The van der Waals surface area contributed by atoms with Gasteiger partial charge in [-0.1, -0.05) is 0 Å². The van der Waals surface area contributed by atoms with Crippen molar-refractivity contribution in [1.82, 2.24) is 20.1 Å². The lowest BCUT2D eigenvalue weighted by Crippen LogP contribution is -2.38. The SMILES string of the molecule is Cc1nn(C)c2ncc(NCCNC(C)(C)C)cc12. The second kappa shape index (κ2) is 5.17. The topological polar surface area (TPSA) is 54.8 Å². The molecule has 0 unspecified atom stereocenters. The van der Waals surface area contributed by atoms with E-state index in [1.165, 1.54) is 0 Å². The quantitative estimate of drug-likeness (QED) is 0.827. The summed E-state index contributed by atoms with van der Waals surface area (Å²) in [6.45, 7) is 10.3. The first-order chi connectivity index (χ1) is 8.87. The summed E-state index contributed by atoms with van der Waals surface area (Å²) < 4.78 is 1.82. The van der Waals surface area contributed by atoms with Crippen LogP contribution < -0.4 is 10.6 Å². The molecule has 0 fully saturated rings. The highest BCUT2D eigenvalue weighted by Crippen LogP contribution is 2.18. The van der Waals surface area contributed by atoms with Crippen molar-refractivity contribution in [2.24, 2.45) is 7.05 Å². The molecule has 0 bridgehead atoms. The van der Waals surface area contributed by atoms with Crippen molar-refractivity contribution in [1.29, 1.82) is 0 Å². The van der Waals surface area contributed by atoms with Gasteiger partial charge in [-0.3, -0.25) is 4.68 Å². The van der Waals surface area contributed by atoms with Crippen molar-refractivity contribution in [2.45, 2.75) is 33.2 Å². The predicted molar refractivity (Wildman–Crippen MR) is 79.5 cm³/mol. The fourth-order valence-electron chi connectivity index (χ4n) is 2.05. The zero-order valence-electron chi connectivity index (χ0n) is 12.4. The van der Waals surface area contributed by atoms with Crippen molar-refractivity contribution < 1.29 is 0 Å². The Hall–Kier alpha value is -1.62. The summed E-state index contributed by atoms with van der Waals surface area (Å²) in [6, 6.07) is 2.11. The molecule has 0 amide bonds. The number of pyridine rings is 1. The van der Waals surface area contributed by atoms with Gasteiger partial charge in [0.25, 0.3) is 0 Å². The second-order valence-electron chi connectivity index (χ2n) is 5.91. The van der Waals surface area contributed by atoms with Crippen LogP contribution >= 0.6 is 0 Å². The molecular weight excluding hydrogens is 238 g/mol. The standard InChI is InChI=1S/C14H23N5/c1-10-12-8-11(9-16-13(12)19(5)18-10)15-6-7-17-14(2,3)4/h8-9,15,17H,6-7H2,1-5H3. The van der Waals surface area contributed by atoms with Gasteiger partial charge in [0.05, 0.1) is 17.6 Å². The minimum absolute atomic E-state index is 0.157. The van der Waals surface area contributed by atoms with Gasteiger partial charge < -0.3 is 10.6 Å². The van der Waals surface area contributed by atoms with E-state index in [0.717, 1.165) is 35.5 Å². The molecule has 2 heterocycles. The Morgan fingerprint density at radius 3 is 2.68 bits per heavy atom. The van der Waals surface area contributed by atoms with Gasteiger partial charge in [-0.05, 0) is 33.8 Å². The van der Waals surface area contributed by atoms with Gasteiger partial charge in [-0.15, -0.1) is 0 Å². The van der Waals surface area contributed by atoms with Crippen LogP contribution in [0.1, 0.15) is 26.5 Å². The Morgan fingerprint density at radius 2 is 2.00 bits per heavy atom. The van der Waals surface area contributed by atoms with E-state index in [-0.39, 0.29) is 5.54 Å². The van der Waals surface area contributed by atoms with E-state index in [1.54, 1.807) is 0 Å². The molecule has 0 atom stereocenters. The van der Waals surface area contributed by atoms with Crippen molar-refractivity contribution >= 4 is 16.7 Å². The van der Waals surface area contributed by atoms with Gasteiger partial charge in [-0.25, -0.2) is 4.98 Å². The maximum absolute atomic E-state index is 4.45. The van der Waals surface area contributed by atoms with Gasteiger partial charge in [-0.2, -0.15) is 5.10 Å². The van der Waals surface area contributed by atoms with Crippen LogP contribution in [-0.2, 0) is 7.05 Å². The third-order valence-electron chi connectivity index (χ3n) is 2.97. The van der Waals surface area contributed by atoms with Gasteiger partial charge in [0.15, 0.2) is 5.65 Å². The van der Waals surface area contributed by atoms with E-state index in [4.69, 9.17) is 0 Å². The lowest BCUT2D eigenvalue weighted by Gasteiger charge is -2.20. The molecule has 0 saturated heterocycles. The summed E-state index contributed by atoms with van der Waals surface area (Å²) >= 11 is 0. The lowest BCUT2D eigenvalue weighted by molar-refractivity contribution is 0.435. The molecule has 19 heavy (non-hydrogen) atoms. The van der Waals surface area contributed by atoms with Crippen LogP contribution in [0.4, 0.5) is 5.69 Å². The first kappa shape index (κ1) is 13.8.